The van der Waals surface area contributed by atoms with Gasteiger partial charge in [-0.15, -0.1) is 0 Å². The molecular weight excluding hydrogens is 186 g/mol. The fraction of sp³-hybridized carbons (Fsp3) is 0.833. The van der Waals surface area contributed by atoms with Gasteiger partial charge < -0.3 is 0 Å². The van der Waals surface area contributed by atoms with Crippen LogP contribution < -0.4 is 0 Å². The molecule has 0 aromatic rings. The Hall–Kier alpha value is -0.950. The quantitative estimate of drug-likeness (QED) is 0.272. The fourth-order valence-corrected chi connectivity index (χ4v) is 2.07. The summed E-state index contributed by atoms with van der Waals surface area (Å²) in [6.45, 7) is 11.8. The Kier molecular flexibility index (Phi) is 5.45. The number of hydrogen-bond acceptors (Lipinski definition) is 1. The first-order valence-electron chi connectivity index (χ1n) is 5.43. The van der Waals surface area contributed by atoms with Crippen LogP contribution in [0.15, 0.2) is 17.3 Å². The largest absolute Gasteiger partial charge is 0.0899 e. The van der Waals surface area contributed by atoms with Gasteiger partial charge in [0, 0.05) is 11.5 Å². The van der Waals surface area contributed by atoms with Gasteiger partial charge in [-0.25, -0.2) is 0 Å². The van der Waals surface area contributed by atoms with Crippen LogP contribution in [0.5, 0.6) is 0 Å². The van der Waals surface area contributed by atoms with E-state index < -0.39 is 0 Å². The Balaban J connectivity index is 4.03. The highest BCUT2D eigenvalue weighted by atomic mass is 15.1. The predicted octanol–water partition coefficient (Wildman–Crippen LogP) is 4.71. The van der Waals surface area contributed by atoms with E-state index in [1.54, 1.807) is 0 Å². The van der Waals surface area contributed by atoms with E-state index in [1.807, 2.05) is 6.08 Å². The average molecular weight is 209 g/mol. The molecule has 3 nitrogen and oxygen atoms in total. The van der Waals surface area contributed by atoms with Gasteiger partial charge in [-0.2, -0.15) is 0 Å². The SMILES string of the molecule is CC(C)(C)CC(C)(C)CC=CCN=[N+]=[N-]. The topological polar surface area (TPSA) is 48.8 Å². The minimum absolute atomic E-state index is 0.311. The van der Waals surface area contributed by atoms with Gasteiger partial charge in [0.2, 0.25) is 0 Å². The van der Waals surface area contributed by atoms with Crippen LogP contribution in [0.4, 0.5) is 0 Å². The Bertz CT molecular complexity index is 253. The molecule has 0 saturated heterocycles. The van der Waals surface area contributed by atoms with E-state index in [2.05, 4.69) is 50.7 Å². The van der Waals surface area contributed by atoms with Crippen molar-refractivity contribution in [3.05, 3.63) is 22.6 Å². The summed E-state index contributed by atoms with van der Waals surface area (Å²) in [7, 11) is 0. The molecule has 15 heavy (non-hydrogen) atoms. The van der Waals surface area contributed by atoms with Gasteiger partial charge in [0.1, 0.15) is 0 Å². The van der Waals surface area contributed by atoms with Crippen LogP contribution in [-0.2, 0) is 0 Å². The molecule has 3 heteroatoms. The van der Waals surface area contributed by atoms with E-state index in [0.717, 1.165) is 6.42 Å². The van der Waals surface area contributed by atoms with Crippen molar-refractivity contribution in [1.29, 1.82) is 0 Å². The second-order valence-corrected chi connectivity index (χ2v) is 5.99. The third-order valence-corrected chi connectivity index (χ3v) is 2.10. The molecule has 0 unspecified atom stereocenters. The predicted molar refractivity (Wildman–Crippen MR) is 65.6 cm³/mol. The fourth-order valence-electron chi connectivity index (χ4n) is 2.07. The molecule has 0 aliphatic carbocycles. The molecule has 0 aromatic heterocycles. The number of azide groups is 1. The van der Waals surface area contributed by atoms with Gasteiger partial charge >= 0.3 is 0 Å². The van der Waals surface area contributed by atoms with Crippen LogP contribution in [-0.4, -0.2) is 6.54 Å². The Morgan fingerprint density at radius 1 is 1.13 bits per heavy atom. The minimum Gasteiger partial charge on any atom is -0.0899 e. The summed E-state index contributed by atoms with van der Waals surface area (Å²) in [5.74, 6) is 0. The Morgan fingerprint density at radius 2 is 1.73 bits per heavy atom. The molecule has 0 aliphatic heterocycles. The molecule has 0 rings (SSSR count). The summed E-state index contributed by atoms with van der Waals surface area (Å²) in [4.78, 5) is 2.70. The molecule has 0 amide bonds. The van der Waals surface area contributed by atoms with Crippen LogP contribution in [0.25, 0.3) is 10.4 Å². The average Bonchev–Trinajstić information content (AvgIpc) is 1.99. The van der Waals surface area contributed by atoms with Crippen LogP contribution in [0.3, 0.4) is 0 Å². The van der Waals surface area contributed by atoms with Crippen LogP contribution in [0.1, 0.15) is 47.5 Å². The maximum absolute atomic E-state index is 8.10. The molecule has 0 fully saturated rings. The maximum atomic E-state index is 8.10. The van der Waals surface area contributed by atoms with Crippen molar-refractivity contribution in [3.63, 3.8) is 0 Å². The smallest absolute Gasteiger partial charge is 0.0440 e. The zero-order valence-corrected chi connectivity index (χ0v) is 10.6. The number of nitrogens with zero attached hydrogens (tertiary/aromatic N) is 3. The van der Waals surface area contributed by atoms with Gasteiger partial charge in [-0.3, -0.25) is 0 Å². The van der Waals surface area contributed by atoms with E-state index in [0.29, 0.717) is 17.4 Å². The van der Waals surface area contributed by atoms with E-state index in [-0.39, 0.29) is 0 Å². The Morgan fingerprint density at radius 3 is 2.20 bits per heavy atom. The van der Waals surface area contributed by atoms with Crippen molar-refractivity contribution in [1.82, 2.24) is 0 Å². The van der Waals surface area contributed by atoms with E-state index >= 15 is 0 Å². The lowest BCUT2D eigenvalue weighted by Crippen LogP contribution is -2.19. The van der Waals surface area contributed by atoms with E-state index in [9.17, 15) is 0 Å². The molecule has 0 saturated carbocycles. The van der Waals surface area contributed by atoms with Gasteiger partial charge in [-0.05, 0) is 29.2 Å². The highest BCUT2D eigenvalue weighted by Crippen LogP contribution is 2.35. The van der Waals surface area contributed by atoms with Crippen LogP contribution in [0, 0.1) is 10.8 Å². The molecule has 0 heterocycles. The normalized spacial score (nSPS) is 12.9. The summed E-state index contributed by atoms with van der Waals surface area (Å²) < 4.78 is 0. The molecule has 0 aromatic carbocycles. The first kappa shape index (κ1) is 14.1. The summed E-state index contributed by atoms with van der Waals surface area (Å²) in [6.07, 6.45) is 6.27. The van der Waals surface area contributed by atoms with E-state index in [1.165, 1.54) is 6.42 Å². The molecule has 0 N–H and O–H groups in total. The molecule has 0 atom stereocenters. The second kappa shape index (κ2) is 5.82. The lowest BCUT2D eigenvalue weighted by Gasteiger charge is -2.31. The van der Waals surface area contributed by atoms with Crippen LogP contribution >= 0.6 is 0 Å². The maximum Gasteiger partial charge on any atom is 0.0440 e. The third-order valence-electron chi connectivity index (χ3n) is 2.10. The third kappa shape index (κ3) is 9.36. The molecular formula is C12H23N3. The number of hydrogen-bond donors (Lipinski definition) is 0. The monoisotopic (exact) mass is 209 g/mol. The Labute approximate surface area is 93.2 Å². The summed E-state index contributed by atoms with van der Waals surface area (Å²) in [5, 5.41) is 3.46. The summed E-state index contributed by atoms with van der Waals surface area (Å²) >= 11 is 0. The molecule has 0 bridgehead atoms. The van der Waals surface area contributed by atoms with E-state index in [4.69, 9.17) is 5.53 Å². The van der Waals surface area contributed by atoms with Crippen molar-refractivity contribution in [2.45, 2.75) is 47.5 Å². The standard InChI is InChI=1S/C12H23N3/c1-11(2,3)10-12(4,5)8-6-7-9-14-15-13/h6-7H,8-10H2,1-5H3. The van der Waals surface area contributed by atoms with Crippen molar-refractivity contribution < 1.29 is 0 Å². The van der Waals surface area contributed by atoms with Crippen molar-refractivity contribution in [2.24, 2.45) is 15.9 Å². The first-order chi connectivity index (χ1) is 6.77. The van der Waals surface area contributed by atoms with Crippen molar-refractivity contribution in [2.75, 3.05) is 6.54 Å². The van der Waals surface area contributed by atoms with Gasteiger partial charge in [-0.1, -0.05) is 51.9 Å². The lowest BCUT2D eigenvalue weighted by molar-refractivity contribution is 0.215. The molecule has 0 aliphatic rings. The lowest BCUT2D eigenvalue weighted by atomic mass is 9.74. The number of rotatable bonds is 5. The van der Waals surface area contributed by atoms with Crippen molar-refractivity contribution in [3.8, 4) is 0 Å². The van der Waals surface area contributed by atoms with Gasteiger partial charge in [0.25, 0.3) is 0 Å². The summed E-state index contributed by atoms with van der Waals surface area (Å²) in [6, 6.07) is 0. The van der Waals surface area contributed by atoms with Gasteiger partial charge in [0.05, 0.1) is 0 Å². The molecule has 0 radical (unpaired) electrons. The van der Waals surface area contributed by atoms with Gasteiger partial charge in [0.15, 0.2) is 0 Å². The minimum atomic E-state index is 0.311. The summed E-state index contributed by atoms with van der Waals surface area (Å²) in [5.41, 5.74) is 8.78. The number of allylic oxidation sites excluding steroid dienone is 1. The van der Waals surface area contributed by atoms with Crippen molar-refractivity contribution >= 4 is 0 Å². The van der Waals surface area contributed by atoms with Crippen LogP contribution in [0.2, 0.25) is 0 Å². The zero-order chi connectivity index (χ0) is 11.9. The highest BCUT2D eigenvalue weighted by molar-refractivity contribution is 4.90. The molecule has 0 spiro atoms. The highest BCUT2D eigenvalue weighted by Gasteiger charge is 2.23. The first-order valence-corrected chi connectivity index (χ1v) is 5.43. The second-order valence-electron chi connectivity index (χ2n) is 5.99. The zero-order valence-electron chi connectivity index (χ0n) is 10.6. The molecule has 86 valence electrons.